The van der Waals surface area contributed by atoms with E-state index in [0.29, 0.717) is 12.1 Å². The Hall–Kier alpha value is -3.27. The second kappa shape index (κ2) is 6.56. The molecule has 0 spiro atoms. The molecule has 26 heavy (non-hydrogen) atoms. The molecule has 130 valence electrons. The van der Waals surface area contributed by atoms with E-state index in [0.717, 1.165) is 22.2 Å². The van der Waals surface area contributed by atoms with Gasteiger partial charge in [-0.3, -0.25) is 4.79 Å². The number of nitrogens with two attached hydrogens (primary N) is 1. The first kappa shape index (κ1) is 16.2. The van der Waals surface area contributed by atoms with Crippen LogP contribution in [0.1, 0.15) is 22.7 Å². The van der Waals surface area contributed by atoms with E-state index in [2.05, 4.69) is 29.3 Å². The van der Waals surface area contributed by atoms with Crippen LogP contribution in [0.15, 0.2) is 78.6 Å². The van der Waals surface area contributed by atoms with Gasteiger partial charge in [0, 0.05) is 47.0 Å². The monoisotopic (exact) mass is 343 g/mol. The lowest BCUT2D eigenvalue weighted by Gasteiger charge is -2.26. The summed E-state index contributed by atoms with van der Waals surface area (Å²) in [7, 11) is 0. The van der Waals surface area contributed by atoms with Crippen LogP contribution in [0.4, 0.5) is 0 Å². The number of fused-ring (bicyclic) bond motifs is 1. The molecule has 1 unspecified atom stereocenters. The van der Waals surface area contributed by atoms with Crippen LogP contribution < -0.4 is 5.73 Å². The van der Waals surface area contributed by atoms with Crippen molar-refractivity contribution in [1.82, 2.24) is 9.88 Å². The predicted octanol–water partition coefficient (Wildman–Crippen LogP) is 3.96. The molecule has 0 saturated heterocycles. The first-order valence-electron chi connectivity index (χ1n) is 8.70. The Morgan fingerprint density at radius 2 is 1.85 bits per heavy atom. The third-order valence-electron chi connectivity index (χ3n) is 4.86. The molecule has 1 aromatic heterocycles. The number of amides is 1. The van der Waals surface area contributed by atoms with E-state index in [9.17, 15) is 4.79 Å². The second-order valence-corrected chi connectivity index (χ2v) is 6.64. The minimum atomic E-state index is -0.387. The normalized spacial score (nSPS) is 16.7. The van der Waals surface area contributed by atoms with E-state index >= 15 is 0 Å². The predicted molar refractivity (Wildman–Crippen MR) is 104 cm³/mol. The van der Waals surface area contributed by atoms with Gasteiger partial charge in [-0.05, 0) is 24.1 Å². The minimum absolute atomic E-state index is 0.143. The molecule has 4 heteroatoms. The van der Waals surface area contributed by atoms with Gasteiger partial charge >= 0.3 is 0 Å². The molecule has 1 aliphatic heterocycles. The summed E-state index contributed by atoms with van der Waals surface area (Å²) in [4.78, 5) is 17.6. The van der Waals surface area contributed by atoms with Crippen LogP contribution in [0.5, 0.6) is 0 Å². The van der Waals surface area contributed by atoms with Gasteiger partial charge in [0.25, 0.3) is 0 Å². The van der Waals surface area contributed by atoms with E-state index in [1.165, 1.54) is 5.56 Å². The van der Waals surface area contributed by atoms with Crippen molar-refractivity contribution in [3.8, 4) is 0 Å². The Bertz CT molecular complexity index is 1010. The largest absolute Gasteiger partial charge is 0.366 e. The van der Waals surface area contributed by atoms with Gasteiger partial charge in [-0.1, -0.05) is 54.6 Å². The van der Waals surface area contributed by atoms with Gasteiger partial charge in [0.05, 0.1) is 0 Å². The highest BCUT2D eigenvalue weighted by molar-refractivity contribution is 5.96. The number of H-pyrrole nitrogens is 1. The van der Waals surface area contributed by atoms with E-state index < -0.39 is 0 Å². The topological polar surface area (TPSA) is 62.1 Å². The van der Waals surface area contributed by atoms with E-state index in [4.69, 9.17) is 5.73 Å². The summed E-state index contributed by atoms with van der Waals surface area (Å²) in [6.07, 6.45) is 5.97. The van der Waals surface area contributed by atoms with Gasteiger partial charge in [-0.25, -0.2) is 0 Å². The highest BCUT2D eigenvalue weighted by Gasteiger charge is 2.26. The molecular weight excluding hydrogens is 322 g/mol. The van der Waals surface area contributed by atoms with E-state index in [1.807, 2.05) is 60.6 Å². The Balaban J connectivity index is 1.71. The first-order valence-corrected chi connectivity index (χ1v) is 8.70. The lowest BCUT2D eigenvalue weighted by Crippen LogP contribution is -2.25. The molecule has 4 nitrogen and oxygen atoms in total. The molecule has 3 aromatic rings. The van der Waals surface area contributed by atoms with Crippen molar-refractivity contribution in [3.05, 3.63) is 95.5 Å². The van der Waals surface area contributed by atoms with Gasteiger partial charge in [-0.15, -0.1) is 0 Å². The van der Waals surface area contributed by atoms with Crippen molar-refractivity contribution < 1.29 is 4.79 Å². The Labute approximate surface area is 152 Å². The smallest absolute Gasteiger partial charge is 0.247 e. The molecule has 0 saturated carbocycles. The summed E-state index contributed by atoms with van der Waals surface area (Å²) in [5, 5.41) is 1.13. The fourth-order valence-corrected chi connectivity index (χ4v) is 3.66. The second-order valence-electron chi connectivity index (χ2n) is 6.64. The molecule has 2 heterocycles. The van der Waals surface area contributed by atoms with E-state index in [1.54, 1.807) is 0 Å². The number of aryl methyl sites for hydroxylation is 1. The Morgan fingerprint density at radius 1 is 1.12 bits per heavy atom. The molecule has 1 amide bonds. The summed E-state index contributed by atoms with van der Waals surface area (Å²) in [6, 6.07) is 18.3. The molecule has 0 aliphatic carbocycles. The molecule has 0 radical (unpaired) electrons. The lowest BCUT2D eigenvalue weighted by atomic mass is 9.87. The van der Waals surface area contributed by atoms with Crippen LogP contribution in [0.2, 0.25) is 0 Å². The molecular formula is C22H21N3O. The Kier molecular flexibility index (Phi) is 4.09. The van der Waals surface area contributed by atoms with Crippen molar-refractivity contribution in [2.75, 3.05) is 0 Å². The number of carbonyl (C=O) groups excluding carboxylic acids is 1. The third kappa shape index (κ3) is 2.90. The highest BCUT2D eigenvalue weighted by Crippen LogP contribution is 2.36. The standard InChI is InChI=1S/C22H21N3O/c1-15-21(18-9-5-6-10-20(18)24-15)17-11-12-25(14-19(17)22(23)26)13-16-7-3-2-4-8-16/h2-12,14,17,24H,13H2,1H3,(H2,23,26). The summed E-state index contributed by atoms with van der Waals surface area (Å²) in [5.74, 6) is -0.530. The summed E-state index contributed by atoms with van der Waals surface area (Å²) in [5.41, 5.74) is 10.8. The van der Waals surface area contributed by atoms with Gasteiger partial charge in [0.15, 0.2) is 0 Å². The fraction of sp³-hybridized carbons (Fsp3) is 0.136. The van der Waals surface area contributed by atoms with E-state index in [-0.39, 0.29) is 11.8 Å². The Morgan fingerprint density at radius 3 is 2.62 bits per heavy atom. The zero-order valence-electron chi connectivity index (χ0n) is 14.6. The number of primary amides is 1. The number of para-hydroxylation sites is 1. The zero-order chi connectivity index (χ0) is 18.1. The number of hydrogen-bond acceptors (Lipinski definition) is 2. The zero-order valence-corrected chi connectivity index (χ0v) is 14.6. The number of nitrogens with one attached hydrogen (secondary N) is 1. The number of rotatable bonds is 4. The van der Waals surface area contributed by atoms with Crippen molar-refractivity contribution >= 4 is 16.8 Å². The molecule has 4 rings (SSSR count). The molecule has 0 bridgehead atoms. The summed E-state index contributed by atoms with van der Waals surface area (Å²) in [6.45, 7) is 2.74. The minimum Gasteiger partial charge on any atom is -0.366 e. The number of hydrogen-bond donors (Lipinski definition) is 2. The number of aromatic nitrogens is 1. The van der Waals surface area contributed by atoms with Crippen LogP contribution in [0, 0.1) is 6.92 Å². The van der Waals surface area contributed by atoms with Gasteiger partial charge < -0.3 is 15.6 Å². The SMILES string of the molecule is Cc1[nH]c2ccccc2c1C1C=CN(Cc2ccccc2)C=C1C(N)=O. The summed E-state index contributed by atoms with van der Waals surface area (Å²) >= 11 is 0. The molecule has 3 N–H and O–H groups in total. The maximum Gasteiger partial charge on any atom is 0.247 e. The van der Waals surface area contributed by atoms with Crippen molar-refractivity contribution in [3.63, 3.8) is 0 Å². The molecule has 1 atom stereocenters. The quantitative estimate of drug-likeness (QED) is 0.753. The van der Waals surface area contributed by atoms with Crippen LogP contribution in [-0.2, 0) is 11.3 Å². The van der Waals surface area contributed by atoms with Crippen LogP contribution in [0.25, 0.3) is 10.9 Å². The van der Waals surface area contributed by atoms with Crippen molar-refractivity contribution in [2.45, 2.75) is 19.4 Å². The number of nitrogens with zero attached hydrogens (tertiary/aromatic N) is 1. The first-order chi connectivity index (χ1) is 12.6. The van der Waals surface area contributed by atoms with Crippen LogP contribution in [-0.4, -0.2) is 15.8 Å². The molecule has 1 aliphatic rings. The number of allylic oxidation sites excluding steroid dienone is 1. The average Bonchev–Trinajstić information content (AvgIpc) is 2.98. The number of benzene rings is 2. The van der Waals surface area contributed by atoms with Gasteiger partial charge in [0.1, 0.15) is 0 Å². The van der Waals surface area contributed by atoms with Crippen molar-refractivity contribution in [1.29, 1.82) is 0 Å². The van der Waals surface area contributed by atoms with Crippen LogP contribution in [0.3, 0.4) is 0 Å². The average molecular weight is 343 g/mol. The molecule has 0 fully saturated rings. The summed E-state index contributed by atoms with van der Waals surface area (Å²) < 4.78 is 0. The van der Waals surface area contributed by atoms with Crippen LogP contribution >= 0.6 is 0 Å². The number of carbonyl (C=O) groups is 1. The van der Waals surface area contributed by atoms with Gasteiger partial charge in [0.2, 0.25) is 5.91 Å². The maximum absolute atomic E-state index is 12.2. The maximum atomic E-state index is 12.2. The molecule has 2 aromatic carbocycles. The fourth-order valence-electron chi connectivity index (χ4n) is 3.66. The lowest BCUT2D eigenvalue weighted by molar-refractivity contribution is -0.114. The third-order valence-corrected chi connectivity index (χ3v) is 4.86. The van der Waals surface area contributed by atoms with Gasteiger partial charge in [-0.2, -0.15) is 0 Å². The highest BCUT2D eigenvalue weighted by atomic mass is 16.1. The number of aromatic amines is 1. The van der Waals surface area contributed by atoms with Crippen molar-refractivity contribution in [2.24, 2.45) is 5.73 Å².